The van der Waals surface area contributed by atoms with Gasteiger partial charge in [-0.3, -0.25) is 9.69 Å². The van der Waals surface area contributed by atoms with Crippen LogP contribution in [0.25, 0.3) is 5.69 Å². The molecule has 0 saturated carbocycles. The first-order valence-corrected chi connectivity index (χ1v) is 9.43. The van der Waals surface area contributed by atoms with Crippen molar-refractivity contribution in [2.45, 2.75) is 19.9 Å². The van der Waals surface area contributed by atoms with Crippen LogP contribution in [0.2, 0.25) is 0 Å². The molecule has 1 heterocycles. The lowest BCUT2D eigenvalue weighted by molar-refractivity contribution is -0.117. The van der Waals surface area contributed by atoms with E-state index in [2.05, 4.69) is 34.4 Å². The first-order chi connectivity index (χ1) is 13.7. The van der Waals surface area contributed by atoms with Crippen molar-refractivity contribution in [3.63, 3.8) is 0 Å². The number of benzene rings is 2. The fourth-order valence-electron chi connectivity index (χ4n) is 3.10. The number of nitrogens with one attached hydrogen (secondary N) is 1. The van der Waals surface area contributed by atoms with Crippen LogP contribution >= 0.6 is 0 Å². The Labute approximate surface area is 165 Å². The number of carbonyl (C=O) groups excluding carboxylic acids is 1. The van der Waals surface area contributed by atoms with E-state index in [4.69, 9.17) is 4.74 Å². The highest BCUT2D eigenvalue weighted by Crippen LogP contribution is 2.23. The van der Waals surface area contributed by atoms with Crippen molar-refractivity contribution in [2.24, 2.45) is 0 Å². The summed E-state index contributed by atoms with van der Waals surface area (Å²) in [6, 6.07) is 17.6. The molecule has 6 heteroatoms. The highest BCUT2D eigenvalue weighted by molar-refractivity contribution is 5.93. The summed E-state index contributed by atoms with van der Waals surface area (Å²) in [5, 5.41) is 7.19. The zero-order valence-electron chi connectivity index (χ0n) is 16.3. The molecule has 0 fully saturated rings. The molecule has 1 N–H and O–H groups in total. The zero-order chi connectivity index (χ0) is 19.8. The molecule has 6 nitrogen and oxygen atoms in total. The van der Waals surface area contributed by atoms with Gasteiger partial charge < -0.3 is 10.1 Å². The van der Waals surface area contributed by atoms with Crippen molar-refractivity contribution >= 4 is 11.6 Å². The fraction of sp³-hybridized carbons (Fsp3) is 0.273. The van der Waals surface area contributed by atoms with E-state index in [-0.39, 0.29) is 5.91 Å². The largest absolute Gasteiger partial charge is 0.495 e. The van der Waals surface area contributed by atoms with Crippen LogP contribution in [0.15, 0.2) is 67.0 Å². The molecule has 3 rings (SSSR count). The Bertz CT molecular complexity index is 876. The Morgan fingerprint density at radius 1 is 1.14 bits per heavy atom. The van der Waals surface area contributed by atoms with Gasteiger partial charge in [-0.1, -0.05) is 31.2 Å². The number of amides is 1. The molecule has 0 aliphatic carbocycles. The summed E-state index contributed by atoms with van der Waals surface area (Å²) in [6.07, 6.45) is 4.66. The summed E-state index contributed by atoms with van der Waals surface area (Å²) < 4.78 is 7.13. The second-order valence-electron chi connectivity index (χ2n) is 6.58. The van der Waals surface area contributed by atoms with Crippen LogP contribution in [-0.4, -0.2) is 40.8 Å². The van der Waals surface area contributed by atoms with Gasteiger partial charge in [0.05, 0.1) is 25.0 Å². The molecular weight excluding hydrogens is 352 g/mol. The van der Waals surface area contributed by atoms with Crippen LogP contribution < -0.4 is 10.1 Å². The zero-order valence-corrected chi connectivity index (χ0v) is 16.3. The number of carbonyl (C=O) groups is 1. The highest BCUT2D eigenvalue weighted by Gasteiger charge is 2.13. The molecule has 0 aliphatic rings. The minimum Gasteiger partial charge on any atom is -0.495 e. The predicted molar refractivity (Wildman–Crippen MR) is 111 cm³/mol. The Hall–Kier alpha value is -3.12. The third kappa shape index (κ3) is 5.20. The topological polar surface area (TPSA) is 59.4 Å². The monoisotopic (exact) mass is 378 g/mol. The Balaban J connectivity index is 1.62. The second-order valence-corrected chi connectivity index (χ2v) is 6.58. The van der Waals surface area contributed by atoms with Gasteiger partial charge in [0.2, 0.25) is 5.91 Å². The first-order valence-electron chi connectivity index (χ1n) is 9.43. The minimum absolute atomic E-state index is 0.0499. The Morgan fingerprint density at radius 3 is 2.61 bits per heavy atom. The number of rotatable bonds is 9. The molecule has 1 amide bonds. The normalized spacial score (nSPS) is 10.8. The molecular formula is C22H26N4O2. The molecule has 146 valence electrons. The maximum absolute atomic E-state index is 12.5. The van der Waals surface area contributed by atoms with Crippen LogP contribution in [0, 0.1) is 0 Å². The van der Waals surface area contributed by atoms with Gasteiger partial charge in [-0.2, -0.15) is 5.10 Å². The predicted octanol–water partition coefficient (Wildman–Crippen LogP) is 3.73. The van der Waals surface area contributed by atoms with E-state index < -0.39 is 0 Å². The van der Waals surface area contributed by atoms with E-state index in [1.165, 1.54) is 0 Å². The first kappa shape index (κ1) is 19.6. The SMILES string of the molecule is CCCN(CC(=O)Nc1ccccc1OC)Cc1ccc(-n2cccn2)cc1. The maximum Gasteiger partial charge on any atom is 0.238 e. The minimum atomic E-state index is -0.0499. The molecule has 3 aromatic rings. The number of aromatic nitrogens is 2. The summed E-state index contributed by atoms with van der Waals surface area (Å²) in [7, 11) is 1.60. The molecule has 0 bridgehead atoms. The van der Waals surface area contributed by atoms with E-state index in [1.54, 1.807) is 13.3 Å². The molecule has 1 aromatic heterocycles. The summed E-state index contributed by atoms with van der Waals surface area (Å²) in [6.45, 7) is 4.01. The van der Waals surface area contributed by atoms with Crippen molar-refractivity contribution in [3.05, 3.63) is 72.6 Å². The van der Waals surface area contributed by atoms with E-state index >= 15 is 0 Å². The average molecular weight is 378 g/mol. The van der Waals surface area contributed by atoms with Crippen LogP contribution in [0.1, 0.15) is 18.9 Å². The highest BCUT2D eigenvalue weighted by atomic mass is 16.5. The van der Waals surface area contributed by atoms with Crippen LogP contribution in [0.5, 0.6) is 5.75 Å². The molecule has 0 atom stereocenters. The van der Waals surface area contributed by atoms with Crippen LogP contribution in [0.4, 0.5) is 5.69 Å². The quantitative estimate of drug-likeness (QED) is 0.616. The second kappa shape index (κ2) is 9.71. The van der Waals surface area contributed by atoms with Gasteiger partial charge in [0, 0.05) is 18.9 Å². The average Bonchev–Trinajstić information content (AvgIpc) is 3.24. The lowest BCUT2D eigenvalue weighted by Crippen LogP contribution is -2.33. The van der Waals surface area contributed by atoms with Crippen molar-refractivity contribution in [2.75, 3.05) is 25.5 Å². The molecule has 0 aliphatic heterocycles. The number of hydrogen-bond donors (Lipinski definition) is 1. The molecule has 0 saturated heterocycles. The van der Waals surface area contributed by atoms with E-state index in [0.29, 0.717) is 24.5 Å². The molecule has 28 heavy (non-hydrogen) atoms. The van der Waals surface area contributed by atoms with Crippen molar-refractivity contribution in [1.82, 2.24) is 14.7 Å². The van der Waals surface area contributed by atoms with Gasteiger partial charge in [-0.05, 0) is 48.9 Å². The van der Waals surface area contributed by atoms with Gasteiger partial charge in [-0.25, -0.2) is 4.68 Å². The third-order valence-corrected chi connectivity index (χ3v) is 4.40. The number of anilines is 1. The van der Waals surface area contributed by atoms with E-state index in [1.807, 2.05) is 53.3 Å². The maximum atomic E-state index is 12.5. The molecule has 0 radical (unpaired) electrons. The van der Waals surface area contributed by atoms with Gasteiger partial charge in [-0.15, -0.1) is 0 Å². The smallest absolute Gasteiger partial charge is 0.238 e. The summed E-state index contributed by atoms with van der Waals surface area (Å²) in [5.41, 5.74) is 2.87. The van der Waals surface area contributed by atoms with Gasteiger partial charge in [0.15, 0.2) is 0 Å². The Morgan fingerprint density at radius 2 is 1.93 bits per heavy atom. The number of nitrogens with zero attached hydrogens (tertiary/aromatic N) is 3. The van der Waals surface area contributed by atoms with Crippen LogP contribution in [0.3, 0.4) is 0 Å². The molecule has 0 spiro atoms. The summed E-state index contributed by atoms with van der Waals surface area (Å²) >= 11 is 0. The van der Waals surface area contributed by atoms with Gasteiger partial charge in [0.1, 0.15) is 5.75 Å². The standard InChI is InChI=1S/C22H26N4O2/c1-3-14-25(17-22(27)24-20-7-4-5-8-21(20)28-2)16-18-9-11-19(12-10-18)26-15-6-13-23-26/h4-13,15H,3,14,16-17H2,1-2H3,(H,24,27). The third-order valence-electron chi connectivity index (χ3n) is 4.40. The summed E-state index contributed by atoms with van der Waals surface area (Å²) in [4.78, 5) is 14.7. The number of hydrogen-bond acceptors (Lipinski definition) is 4. The fourth-order valence-corrected chi connectivity index (χ4v) is 3.10. The van der Waals surface area contributed by atoms with Gasteiger partial charge in [0.25, 0.3) is 0 Å². The summed E-state index contributed by atoms with van der Waals surface area (Å²) in [5.74, 6) is 0.609. The van der Waals surface area contributed by atoms with Crippen LogP contribution in [-0.2, 0) is 11.3 Å². The molecule has 2 aromatic carbocycles. The molecule has 0 unspecified atom stereocenters. The lowest BCUT2D eigenvalue weighted by atomic mass is 10.2. The van der Waals surface area contributed by atoms with Crippen molar-refractivity contribution in [1.29, 1.82) is 0 Å². The van der Waals surface area contributed by atoms with Crippen molar-refractivity contribution in [3.8, 4) is 11.4 Å². The van der Waals surface area contributed by atoms with Gasteiger partial charge >= 0.3 is 0 Å². The number of ether oxygens (including phenoxy) is 1. The Kier molecular flexibility index (Phi) is 6.81. The van der Waals surface area contributed by atoms with E-state index in [0.717, 1.165) is 24.2 Å². The number of methoxy groups -OCH3 is 1. The number of para-hydroxylation sites is 2. The van der Waals surface area contributed by atoms with E-state index in [9.17, 15) is 4.79 Å². The lowest BCUT2D eigenvalue weighted by Gasteiger charge is -2.21. The van der Waals surface area contributed by atoms with Crippen molar-refractivity contribution < 1.29 is 9.53 Å².